The molecule has 4 nitrogen and oxygen atoms in total. The normalized spacial score (nSPS) is 10.6. The molecule has 2 heterocycles. The number of hydrogen-bond acceptors (Lipinski definition) is 4. The quantitative estimate of drug-likeness (QED) is 0.739. The van der Waals surface area contributed by atoms with E-state index in [4.69, 9.17) is 11.5 Å². The second-order valence-electron chi connectivity index (χ2n) is 2.99. The Bertz CT molecular complexity index is 518. The van der Waals surface area contributed by atoms with Crippen LogP contribution in [0.25, 0.3) is 10.2 Å². The highest BCUT2D eigenvalue weighted by Gasteiger charge is 2.09. The Morgan fingerprint density at radius 1 is 1.50 bits per heavy atom. The lowest BCUT2D eigenvalue weighted by molar-refractivity contribution is 0.0996. The van der Waals surface area contributed by atoms with Crippen LogP contribution < -0.4 is 11.5 Å². The number of anilines is 1. The molecular weight excluding hydrogens is 198 g/mol. The number of primary amides is 1. The van der Waals surface area contributed by atoms with E-state index in [1.165, 1.54) is 11.3 Å². The predicted molar refractivity (Wildman–Crippen MR) is 57.3 cm³/mol. The fourth-order valence-electron chi connectivity index (χ4n) is 1.25. The molecule has 0 aliphatic carbocycles. The minimum Gasteiger partial charge on any atom is -0.397 e. The predicted octanol–water partition coefficient (Wildman–Crippen LogP) is 1.29. The number of fused-ring (bicyclic) bond motifs is 1. The molecule has 2 aromatic heterocycles. The van der Waals surface area contributed by atoms with Gasteiger partial charge >= 0.3 is 0 Å². The van der Waals surface area contributed by atoms with E-state index < -0.39 is 5.91 Å². The van der Waals surface area contributed by atoms with Crippen molar-refractivity contribution in [3.8, 4) is 0 Å². The van der Waals surface area contributed by atoms with Crippen molar-refractivity contribution >= 4 is 33.1 Å². The van der Waals surface area contributed by atoms with E-state index in [9.17, 15) is 4.79 Å². The van der Waals surface area contributed by atoms with Gasteiger partial charge in [-0.05, 0) is 19.1 Å². The summed E-state index contributed by atoms with van der Waals surface area (Å²) in [6, 6.07) is 3.37. The molecule has 0 unspecified atom stereocenters. The number of nitrogens with zero attached hydrogens (tertiary/aromatic N) is 1. The average molecular weight is 207 g/mol. The fraction of sp³-hybridized carbons (Fsp3) is 0.111. The van der Waals surface area contributed by atoms with Crippen LogP contribution in [0.15, 0.2) is 12.1 Å². The molecule has 5 heteroatoms. The first-order valence-electron chi connectivity index (χ1n) is 4.05. The van der Waals surface area contributed by atoms with Gasteiger partial charge in [-0.25, -0.2) is 4.98 Å². The van der Waals surface area contributed by atoms with Crippen LogP contribution in [0.3, 0.4) is 0 Å². The Morgan fingerprint density at radius 3 is 2.86 bits per heavy atom. The van der Waals surface area contributed by atoms with Gasteiger partial charge < -0.3 is 11.5 Å². The molecule has 0 spiro atoms. The van der Waals surface area contributed by atoms with E-state index in [1.54, 1.807) is 12.1 Å². The number of carbonyl (C=O) groups is 1. The number of rotatable bonds is 1. The monoisotopic (exact) mass is 207 g/mol. The van der Waals surface area contributed by atoms with Crippen molar-refractivity contribution < 1.29 is 4.79 Å². The molecule has 72 valence electrons. The van der Waals surface area contributed by atoms with Crippen LogP contribution in [0.2, 0.25) is 0 Å². The first-order valence-corrected chi connectivity index (χ1v) is 4.86. The summed E-state index contributed by atoms with van der Waals surface area (Å²) in [6.45, 7) is 1.92. The summed E-state index contributed by atoms with van der Waals surface area (Å²) >= 11 is 1.47. The number of aryl methyl sites for hydroxylation is 1. The van der Waals surface area contributed by atoms with Gasteiger partial charge in [0.05, 0.1) is 5.69 Å². The second-order valence-corrected chi connectivity index (χ2v) is 4.19. The molecule has 0 aliphatic heterocycles. The highest BCUT2D eigenvalue weighted by Crippen LogP contribution is 2.31. The van der Waals surface area contributed by atoms with Crippen molar-refractivity contribution in [1.82, 2.24) is 4.98 Å². The SMILES string of the molecule is Cc1sc2nc(C(N)=O)ccc2c1N. The Balaban J connectivity index is 2.73. The van der Waals surface area contributed by atoms with E-state index in [2.05, 4.69) is 4.98 Å². The molecule has 14 heavy (non-hydrogen) atoms. The fourth-order valence-corrected chi connectivity index (χ4v) is 2.19. The lowest BCUT2D eigenvalue weighted by Gasteiger charge is -1.94. The Labute approximate surface area is 84.5 Å². The number of thiophene rings is 1. The van der Waals surface area contributed by atoms with Crippen molar-refractivity contribution in [2.24, 2.45) is 5.73 Å². The molecule has 0 saturated heterocycles. The van der Waals surface area contributed by atoms with Gasteiger partial charge in [0.15, 0.2) is 0 Å². The zero-order valence-corrected chi connectivity index (χ0v) is 8.39. The molecule has 1 amide bonds. The summed E-state index contributed by atoms with van der Waals surface area (Å²) in [5.74, 6) is -0.517. The molecule has 0 atom stereocenters. The van der Waals surface area contributed by atoms with Gasteiger partial charge in [0, 0.05) is 10.3 Å². The number of carbonyl (C=O) groups excluding carboxylic acids is 1. The minimum atomic E-state index is -0.517. The maximum atomic E-state index is 10.9. The number of nitrogens with two attached hydrogens (primary N) is 2. The molecule has 0 radical (unpaired) electrons. The maximum Gasteiger partial charge on any atom is 0.267 e. The average Bonchev–Trinajstić information content (AvgIpc) is 2.42. The second kappa shape index (κ2) is 2.95. The third kappa shape index (κ3) is 1.22. The van der Waals surface area contributed by atoms with Crippen LogP contribution >= 0.6 is 11.3 Å². The molecule has 2 rings (SSSR count). The molecule has 4 N–H and O–H groups in total. The van der Waals surface area contributed by atoms with Crippen molar-refractivity contribution in [2.45, 2.75) is 6.92 Å². The van der Waals surface area contributed by atoms with Crippen molar-refractivity contribution in [1.29, 1.82) is 0 Å². The first kappa shape index (κ1) is 8.96. The van der Waals surface area contributed by atoms with Gasteiger partial charge in [-0.1, -0.05) is 0 Å². The van der Waals surface area contributed by atoms with Gasteiger partial charge in [-0.15, -0.1) is 11.3 Å². The Kier molecular flexibility index (Phi) is 1.89. The number of nitrogen functional groups attached to an aromatic ring is 1. The largest absolute Gasteiger partial charge is 0.397 e. The maximum absolute atomic E-state index is 10.9. The smallest absolute Gasteiger partial charge is 0.267 e. The summed E-state index contributed by atoms with van der Waals surface area (Å²) in [5, 5.41) is 0.887. The van der Waals surface area contributed by atoms with Crippen LogP contribution in [0.4, 0.5) is 5.69 Å². The van der Waals surface area contributed by atoms with Crippen LogP contribution in [0.5, 0.6) is 0 Å². The minimum absolute atomic E-state index is 0.277. The third-order valence-corrected chi connectivity index (χ3v) is 3.06. The summed E-state index contributed by atoms with van der Waals surface area (Å²) in [6.07, 6.45) is 0. The highest BCUT2D eigenvalue weighted by molar-refractivity contribution is 7.19. The Hall–Kier alpha value is -1.62. The van der Waals surface area contributed by atoms with E-state index in [-0.39, 0.29) is 5.69 Å². The number of aromatic nitrogens is 1. The van der Waals surface area contributed by atoms with E-state index >= 15 is 0 Å². The first-order chi connectivity index (χ1) is 6.59. The molecule has 0 aliphatic rings. The molecule has 0 aromatic carbocycles. The summed E-state index contributed by atoms with van der Waals surface area (Å²) in [4.78, 5) is 16.8. The van der Waals surface area contributed by atoms with Crippen LogP contribution in [-0.4, -0.2) is 10.9 Å². The molecule has 0 bridgehead atoms. The summed E-state index contributed by atoms with van der Waals surface area (Å²) in [5.41, 5.74) is 11.9. The van der Waals surface area contributed by atoms with Gasteiger partial charge in [0.1, 0.15) is 10.5 Å². The lowest BCUT2D eigenvalue weighted by atomic mass is 10.2. The van der Waals surface area contributed by atoms with Crippen LogP contribution in [0, 0.1) is 6.92 Å². The number of pyridine rings is 1. The van der Waals surface area contributed by atoms with Gasteiger partial charge in [-0.3, -0.25) is 4.79 Å². The number of hydrogen-bond donors (Lipinski definition) is 2. The highest BCUT2D eigenvalue weighted by atomic mass is 32.1. The van der Waals surface area contributed by atoms with Crippen LogP contribution in [-0.2, 0) is 0 Å². The number of amides is 1. The van der Waals surface area contributed by atoms with Crippen molar-refractivity contribution in [2.75, 3.05) is 5.73 Å². The van der Waals surface area contributed by atoms with E-state index in [0.717, 1.165) is 20.8 Å². The molecular formula is C9H9N3OS. The van der Waals surface area contributed by atoms with Crippen molar-refractivity contribution in [3.05, 3.63) is 22.7 Å². The molecule has 0 saturated carbocycles. The Morgan fingerprint density at radius 2 is 2.21 bits per heavy atom. The van der Waals surface area contributed by atoms with Crippen LogP contribution in [0.1, 0.15) is 15.4 Å². The van der Waals surface area contributed by atoms with Gasteiger partial charge in [0.25, 0.3) is 5.91 Å². The standard InChI is InChI=1S/C9H9N3OS/c1-4-7(10)5-2-3-6(8(11)13)12-9(5)14-4/h2-3H,10H2,1H3,(H2,11,13). The summed E-state index contributed by atoms with van der Waals surface area (Å²) in [7, 11) is 0. The topological polar surface area (TPSA) is 82.0 Å². The van der Waals surface area contributed by atoms with E-state index in [0.29, 0.717) is 0 Å². The van der Waals surface area contributed by atoms with Gasteiger partial charge in [-0.2, -0.15) is 0 Å². The molecule has 0 fully saturated rings. The third-order valence-electron chi connectivity index (χ3n) is 2.03. The van der Waals surface area contributed by atoms with E-state index in [1.807, 2.05) is 6.92 Å². The zero-order valence-electron chi connectivity index (χ0n) is 7.57. The van der Waals surface area contributed by atoms with Crippen molar-refractivity contribution in [3.63, 3.8) is 0 Å². The summed E-state index contributed by atoms with van der Waals surface area (Å²) < 4.78 is 0. The molecule has 2 aromatic rings. The zero-order chi connectivity index (χ0) is 10.3. The van der Waals surface area contributed by atoms with Gasteiger partial charge in [0.2, 0.25) is 0 Å². The lowest BCUT2D eigenvalue weighted by Crippen LogP contribution is -2.12.